The maximum absolute atomic E-state index is 11.3. The van der Waals surface area contributed by atoms with Gasteiger partial charge in [0.15, 0.2) is 0 Å². The van der Waals surface area contributed by atoms with Crippen LogP contribution in [0, 0.1) is 5.92 Å². The Kier molecular flexibility index (Phi) is 4.97. The van der Waals surface area contributed by atoms with E-state index in [0.29, 0.717) is 5.56 Å². The van der Waals surface area contributed by atoms with E-state index in [0.717, 1.165) is 12.5 Å². The molecule has 1 aliphatic rings. The van der Waals surface area contributed by atoms with Crippen molar-refractivity contribution in [1.82, 2.24) is 4.90 Å². The number of carbonyl (C=O) groups is 1. The summed E-state index contributed by atoms with van der Waals surface area (Å²) in [5.74, 6) is 0.602. The van der Waals surface area contributed by atoms with Crippen molar-refractivity contribution in [2.45, 2.75) is 32.2 Å². The van der Waals surface area contributed by atoms with Gasteiger partial charge >= 0.3 is 5.97 Å². The van der Waals surface area contributed by atoms with Crippen molar-refractivity contribution in [3.63, 3.8) is 0 Å². The lowest BCUT2D eigenvalue weighted by Crippen LogP contribution is -2.24. The summed E-state index contributed by atoms with van der Waals surface area (Å²) in [5.41, 5.74) is 1.86. The molecule has 1 aromatic rings. The molecule has 1 aromatic carbocycles. The second kappa shape index (κ2) is 6.71. The van der Waals surface area contributed by atoms with Crippen LogP contribution in [0.15, 0.2) is 24.3 Å². The number of benzene rings is 1. The van der Waals surface area contributed by atoms with Crippen molar-refractivity contribution >= 4 is 5.97 Å². The Bertz CT molecular complexity index is 407. The number of hydrogen-bond acceptors (Lipinski definition) is 3. The molecule has 0 heterocycles. The van der Waals surface area contributed by atoms with Gasteiger partial charge in [0, 0.05) is 13.1 Å². The highest BCUT2D eigenvalue weighted by Gasteiger charge is 2.16. The third-order valence-corrected chi connectivity index (χ3v) is 3.87. The predicted octanol–water partition coefficient (Wildman–Crippen LogP) is 3.10. The zero-order valence-corrected chi connectivity index (χ0v) is 11.9. The minimum atomic E-state index is -0.272. The highest BCUT2D eigenvalue weighted by molar-refractivity contribution is 5.89. The van der Waals surface area contributed by atoms with Gasteiger partial charge in [-0.25, -0.2) is 4.79 Å². The van der Waals surface area contributed by atoms with Gasteiger partial charge < -0.3 is 9.64 Å². The van der Waals surface area contributed by atoms with Gasteiger partial charge in [-0.05, 0) is 43.5 Å². The maximum Gasteiger partial charge on any atom is 0.337 e. The Morgan fingerprint density at radius 2 is 1.89 bits per heavy atom. The van der Waals surface area contributed by atoms with Gasteiger partial charge in [-0.3, -0.25) is 0 Å². The lowest BCUT2D eigenvalue weighted by atomic mass is 10.1. The molecule has 0 aromatic heterocycles. The molecule has 1 fully saturated rings. The summed E-state index contributed by atoms with van der Waals surface area (Å²) in [4.78, 5) is 13.7. The van der Waals surface area contributed by atoms with Gasteiger partial charge in [0.25, 0.3) is 0 Å². The highest BCUT2D eigenvalue weighted by atomic mass is 16.5. The molecule has 3 nitrogen and oxygen atoms in total. The first-order valence-corrected chi connectivity index (χ1v) is 7.05. The fourth-order valence-electron chi connectivity index (χ4n) is 2.87. The van der Waals surface area contributed by atoms with Gasteiger partial charge in [-0.15, -0.1) is 0 Å². The summed E-state index contributed by atoms with van der Waals surface area (Å²) < 4.78 is 4.70. The number of carbonyl (C=O) groups excluding carboxylic acids is 1. The molecule has 0 spiro atoms. The summed E-state index contributed by atoms with van der Waals surface area (Å²) in [7, 11) is 3.58. The van der Waals surface area contributed by atoms with Crippen molar-refractivity contribution in [1.29, 1.82) is 0 Å². The number of hydrogen-bond donors (Lipinski definition) is 0. The number of esters is 1. The summed E-state index contributed by atoms with van der Waals surface area (Å²) in [5, 5.41) is 0. The van der Waals surface area contributed by atoms with Crippen molar-refractivity contribution in [3.05, 3.63) is 35.4 Å². The van der Waals surface area contributed by atoms with E-state index in [2.05, 4.69) is 11.9 Å². The van der Waals surface area contributed by atoms with Crippen molar-refractivity contribution in [2.24, 2.45) is 5.92 Å². The molecule has 0 bridgehead atoms. The molecular formula is C16H23NO2. The quantitative estimate of drug-likeness (QED) is 0.763. The molecule has 19 heavy (non-hydrogen) atoms. The zero-order valence-electron chi connectivity index (χ0n) is 11.9. The third kappa shape index (κ3) is 4.06. The van der Waals surface area contributed by atoms with E-state index in [1.165, 1.54) is 44.9 Å². The van der Waals surface area contributed by atoms with Crippen LogP contribution < -0.4 is 0 Å². The first-order valence-electron chi connectivity index (χ1n) is 7.05. The molecule has 0 atom stereocenters. The molecule has 0 unspecified atom stereocenters. The SMILES string of the molecule is COC(=O)c1ccc(CN(C)CC2CCCC2)cc1. The van der Waals surface area contributed by atoms with E-state index >= 15 is 0 Å². The number of rotatable bonds is 5. The van der Waals surface area contributed by atoms with Crippen LogP contribution in [0.1, 0.15) is 41.6 Å². The second-order valence-electron chi connectivity index (χ2n) is 5.54. The van der Waals surface area contributed by atoms with E-state index < -0.39 is 0 Å². The molecule has 1 saturated carbocycles. The van der Waals surface area contributed by atoms with E-state index in [4.69, 9.17) is 4.74 Å². The Morgan fingerprint density at radius 3 is 2.47 bits per heavy atom. The van der Waals surface area contributed by atoms with Crippen LogP contribution in [0.5, 0.6) is 0 Å². The summed E-state index contributed by atoms with van der Waals surface area (Å²) >= 11 is 0. The summed E-state index contributed by atoms with van der Waals surface area (Å²) in [6.45, 7) is 2.12. The molecule has 2 rings (SSSR count). The minimum Gasteiger partial charge on any atom is -0.465 e. The zero-order chi connectivity index (χ0) is 13.7. The predicted molar refractivity (Wildman–Crippen MR) is 76.1 cm³/mol. The Hall–Kier alpha value is -1.35. The standard InChI is InChI=1S/C16H23NO2/c1-17(11-13-5-3-4-6-13)12-14-7-9-15(10-8-14)16(18)19-2/h7-10,13H,3-6,11-12H2,1-2H3. The van der Waals surface area contributed by atoms with Gasteiger partial charge in [0.2, 0.25) is 0 Å². The van der Waals surface area contributed by atoms with Crippen molar-refractivity contribution in [2.75, 3.05) is 20.7 Å². The summed E-state index contributed by atoms with van der Waals surface area (Å²) in [6.07, 6.45) is 5.55. The first kappa shape index (κ1) is 14.1. The molecule has 104 valence electrons. The monoisotopic (exact) mass is 261 g/mol. The van der Waals surface area contributed by atoms with E-state index in [1.54, 1.807) is 0 Å². The van der Waals surface area contributed by atoms with E-state index in [1.807, 2.05) is 24.3 Å². The van der Waals surface area contributed by atoms with Crippen LogP contribution in [0.25, 0.3) is 0 Å². The largest absolute Gasteiger partial charge is 0.465 e. The molecule has 0 amide bonds. The molecule has 0 radical (unpaired) electrons. The van der Waals surface area contributed by atoms with Gasteiger partial charge in [-0.2, -0.15) is 0 Å². The van der Waals surface area contributed by atoms with Crippen LogP contribution in [0.2, 0.25) is 0 Å². The number of methoxy groups -OCH3 is 1. The van der Waals surface area contributed by atoms with E-state index in [9.17, 15) is 4.79 Å². The van der Waals surface area contributed by atoms with Crippen molar-refractivity contribution < 1.29 is 9.53 Å². The smallest absolute Gasteiger partial charge is 0.337 e. The molecule has 1 aliphatic carbocycles. The highest BCUT2D eigenvalue weighted by Crippen LogP contribution is 2.25. The molecule has 0 saturated heterocycles. The van der Waals surface area contributed by atoms with Crippen LogP contribution in [0.4, 0.5) is 0 Å². The number of nitrogens with zero attached hydrogens (tertiary/aromatic N) is 1. The van der Waals surface area contributed by atoms with Gasteiger partial charge in [0.1, 0.15) is 0 Å². The number of ether oxygens (including phenoxy) is 1. The van der Waals surface area contributed by atoms with Gasteiger partial charge in [0.05, 0.1) is 12.7 Å². The topological polar surface area (TPSA) is 29.5 Å². The average molecular weight is 261 g/mol. The maximum atomic E-state index is 11.3. The fraction of sp³-hybridized carbons (Fsp3) is 0.562. The lowest BCUT2D eigenvalue weighted by Gasteiger charge is -2.20. The fourth-order valence-corrected chi connectivity index (χ4v) is 2.87. The minimum absolute atomic E-state index is 0.272. The molecule has 0 aliphatic heterocycles. The van der Waals surface area contributed by atoms with E-state index in [-0.39, 0.29) is 5.97 Å². The summed E-state index contributed by atoms with van der Waals surface area (Å²) in [6, 6.07) is 7.70. The average Bonchev–Trinajstić information content (AvgIpc) is 2.91. The van der Waals surface area contributed by atoms with Crippen molar-refractivity contribution in [3.8, 4) is 0 Å². The Labute approximate surface area is 115 Å². The molecule has 0 N–H and O–H groups in total. The normalized spacial score (nSPS) is 15.9. The molecule has 3 heteroatoms. The Morgan fingerprint density at radius 1 is 1.26 bits per heavy atom. The third-order valence-electron chi connectivity index (χ3n) is 3.87. The van der Waals surface area contributed by atoms with Crippen LogP contribution in [-0.4, -0.2) is 31.6 Å². The lowest BCUT2D eigenvalue weighted by molar-refractivity contribution is 0.0600. The first-order chi connectivity index (χ1) is 9.19. The second-order valence-corrected chi connectivity index (χ2v) is 5.54. The van der Waals surface area contributed by atoms with Gasteiger partial charge in [-0.1, -0.05) is 25.0 Å². The van der Waals surface area contributed by atoms with Crippen LogP contribution in [0.3, 0.4) is 0 Å². The van der Waals surface area contributed by atoms with Crippen LogP contribution in [-0.2, 0) is 11.3 Å². The Balaban J connectivity index is 1.86. The molecular weight excluding hydrogens is 238 g/mol. The van der Waals surface area contributed by atoms with Crippen LogP contribution >= 0.6 is 0 Å².